The topological polar surface area (TPSA) is 93.3 Å². The lowest BCUT2D eigenvalue weighted by atomic mass is 9.72. The molecule has 2 aromatic rings. The minimum Gasteiger partial charge on any atom is -0.294 e. The molecule has 10 heteroatoms. The van der Waals surface area contributed by atoms with Crippen molar-refractivity contribution < 1.29 is 19.2 Å². The van der Waals surface area contributed by atoms with Crippen LogP contribution in [0.5, 0.6) is 0 Å². The molecule has 2 atom stereocenters. The standard InChI is InChI=1S/C33H36ClN5O4/c1-33(2)11-9-22(28(15-33)21-4-6-23(34)7-5-21)17-37-19-24-14-25(37)18-36(24)16-20-3-8-26-27(13-20)31(42)39(30(26)41)38-12-10-29(40)35-32(38)43/h3-8,13,24-25H,9-12,14-19H2,1-2H3,(H,35,40,43)/t24-,25-/m1/s1. The highest BCUT2D eigenvalue weighted by Crippen LogP contribution is 2.44. The van der Waals surface area contributed by atoms with Crippen LogP contribution in [0.25, 0.3) is 5.57 Å². The molecule has 1 aliphatic carbocycles. The average molecular weight is 602 g/mol. The number of fused-ring (bicyclic) bond motifs is 3. The average Bonchev–Trinajstić information content (AvgIpc) is 3.62. The maximum atomic E-state index is 13.2. The number of piperazine rings is 1. The molecule has 3 fully saturated rings. The van der Waals surface area contributed by atoms with Crippen LogP contribution < -0.4 is 5.32 Å². The van der Waals surface area contributed by atoms with E-state index in [4.69, 9.17) is 11.6 Å². The van der Waals surface area contributed by atoms with Gasteiger partial charge in [0.05, 0.1) is 17.7 Å². The molecule has 3 saturated heterocycles. The number of carbonyl (C=O) groups is 4. The molecule has 0 saturated carbocycles. The van der Waals surface area contributed by atoms with Gasteiger partial charge in [0.25, 0.3) is 11.8 Å². The molecule has 2 bridgehead atoms. The smallest absolute Gasteiger partial charge is 0.294 e. The van der Waals surface area contributed by atoms with E-state index in [1.54, 1.807) is 17.7 Å². The number of likely N-dealkylation sites (tertiary alicyclic amines) is 2. The van der Waals surface area contributed by atoms with Crippen molar-refractivity contribution in [3.8, 4) is 0 Å². The number of hydrogen-bond acceptors (Lipinski definition) is 6. The zero-order chi connectivity index (χ0) is 30.0. The van der Waals surface area contributed by atoms with E-state index in [-0.39, 0.29) is 23.9 Å². The second-order valence-electron chi connectivity index (χ2n) is 13.4. The van der Waals surface area contributed by atoms with Crippen molar-refractivity contribution in [1.82, 2.24) is 25.1 Å². The van der Waals surface area contributed by atoms with Gasteiger partial charge in [-0.3, -0.25) is 29.5 Å². The van der Waals surface area contributed by atoms with Gasteiger partial charge in [-0.2, -0.15) is 5.01 Å². The Labute approximate surface area is 256 Å². The van der Waals surface area contributed by atoms with Gasteiger partial charge >= 0.3 is 6.03 Å². The molecule has 43 heavy (non-hydrogen) atoms. The van der Waals surface area contributed by atoms with Crippen LogP contribution in [0.1, 0.15) is 77.8 Å². The van der Waals surface area contributed by atoms with Crippen molar-refractivity contribution in [2.24, 2.45) is 5.41 Å². The van der Waals surface area contributed by atoms with Crippen LogP contribution in [-0.2, 0) is 11.3 Å². The number of rotatable bonds is 6. The van der Waals surface area contributed by atoms with E-state index in [1.165, 1.54) is 17.6 Å². The number of nitrogens with one attached hydrogen (secondary N) is 1. The predicted octanol–water partition coefficient (Wildman–Crippen LogP) is 4.72. The summed E-state index contributed by atoms with van der Waals surface area (Å²) >= 11 is 6.20. The van der Waals surface area contributed by atoms with Crippen LogP contribution in [-0.4, -0.2) is 81.8 Å². The molecule has 224 valence electrons. The molecule has 2 aromatic carbocycles. The zero-order valence-corrected chi connectivity index (χ0v) is 25.3. The Morgan fingerprint density at radius 1 is 0.884 bits per heavy atom. The van der Waals surface area contributed by atoms with E-state index in [2.05, 4.69) is 41.1 Å². The van der Waals surface area contributed by atoms with E-state index in [0.29, 0.717) is 24.2 Å². The summed E-state index contributed by atoms with van der Waals surface area (Å²) in [4.78, 5) is 55.3. The molecular weight excluding hydrogens is 566 g/mol. The van der Waals surface area contributed by atoms with Gasteiger partial charge in [-0.25, -0.2) is 9.80 Å². The number of carbonyl (C=O) groups excluding carboxylic acids is 4. The molecule has 4 aliphatic heterocycles. The van der Waals surface area contributed by atoms with Gasteiger partial charge in [0.15, 0.2) is 0 Å². The molecule has 4 heterocycles. The van der Waals surface area contributed by atoms with Gasteiger partial charge in [-0.05, 0) is 72.1 Å². The van der Waals surface area contributed by atoms with Crippen molar-refractivity contribution >= 4 is 40.9 Å². The predicted molar refractivity (Wildman–Crippen MR) is 162 cm³/mol. The quantitative estimate of drug-likeness (QED) is 0.482. The third-order valence-corrected chi connectivity index (χ3v) is 10.1. The highest BCUT2D eigenvalue weighted by atomic mass is 35.5. The van der Waals surface area contributed by atoms with Crippen LogP contribution in [0.2, 0.25) is 5.02 Å². The summed E-state index contributed by atoms with van der Waals surface area (Å²) in [6.07, 6.45) is 4.57. The molecule has 1 N–H and O–H groups in total. The lowest BCUT2D eigenvalue weighted by Crippen LogP contribution is -2.58. The first-order valence-electron chi connectivity index (χ1n) is 15.1. The number of hydrogen-bond donors (Lipinski definition) is 1. The Balaban J connectivity index is 1.03. The largest absolute Gasteiger partial charge is 0.343 e. The molecule has 0 unspecified atom stereocenters. The van der Waals surface area contributed by atoms with E-state index in [0.717, 1.165) is 59.5 Å². The third-order valence-electron chi connectivity index (χ3n) is 9.83. The van der Waals surface area contributed by atoms with Gasteiger partial charge < -0.3 is 0 Å². The Morgan fingerprint density at radius 2 is 1.58 bits per heavy atom. The number of imide groups is 2. The summed E-state index contributed by atoms with van der Waals surface area (Å²) < 4.78 is 0. The van der Waals surface area contributed by atoms with Crippen molar-refractivity contribution in [2.75, 3.05) is 26.2 Å². The van der Waals surface area contributed by atoms with Gasteiger partial charge in [-0.1, -0.05) is 49.2 Å². The van der Waals surface area contributed by atoms with Crippen molar-refractivity contribution in [3.05, 3.63) is 75.3 Å². The summed E-state index contributed by atoms with van der Waals surface area (Å²) in [5.41, 5.74) is 6.17. The fourth-order valence-corrected chi connectivity index (χ4v) is 7.63. The molecule has 9 nitrogen and oxygen atoms in total. The highest BCUT2D eigenvalue weighted by molar-refractivity contribution is 6.30. The monoisotopic (exact) mass is 601 g/mol. The number of amides is 5. The van der Waals surface area contributed by atoms with Crippen molar-refractivity contribution in [3.63, 3.8) is 0 Å². The van der Waals surface area contributed by atoms with E-state index in [1.807, 2.05) is 18.2 Å². The Bertz CT molecular complexity index is 1570. The fraction of sp³-hybridized carbons (Fsp3) is 0.455. The third kappa shape index (κ3) is 5.17. The lowest BCUT2D eigenvalue weighted by Gasteiger charge is -2.38. The summed E-state index contributed by atoms with van der Waals surface area (Å²) in [5, 5.41) is 4.84. The first-order valence-corrected chi connectivity index (χ1v) is 15.5. The second-order valence-corrected chi connectivity index (χ2v) is 13.8. The Kier molecular flexibility index (Phi) is 6.95. The van der Waals surface area contributed by atoms with Gasteiger partial charge in [-0.15, -0.1) is 0 Å². The van der Waals surface area contributed by atoms with Crippen LogP contribution in [0.4, 0.5) is 4.79 Å². The Morgan fingerprint density at radius 3 is 2.28 bits per heavy atom. The molecular formula is C33H36ClN5O4. The number of benzene rings is 2. The van der Waals surface area contributed by atoms with Crippen LogP contribution in [0, 0.1) is 5.41 Å². The van der Waals surface area contributed by atoms with E-state index >= 15 is 0 Å². The van der Waals surface area contributed by atoms with Gasteiger partial charge in [0, 0.05) is 49.7 Å². The molecule has 5 aliphatic rings. The summed E-state index contributed by atoms with van der Waals surface area (Å²) in [5.74, 6) is -1.48. The Hall–Kier alpha value is -3.53. The molecule has 0 spiro atoms. The summed E-state index contributed by atoms with van der Waals surface area (Å²) in [6, 6.07) is 13.9. The maximum absolute atomic E-state index is 13.2. The summed E-state index contributed by atoms with van der Waals surface area (Å²) in [6.45, 7) is 8.41. The number of hydrazine groups is 1. The van der Waals surface area contributed by atoms with Crippen LogP contribution in [0.15, 0.2) is 48.0 Å². The minimum atomic E-state index is -0.753. The van der Waals surface area contributed by atoms with Crippen molar-refractivity contribution in [1.29, 1.82) is 0 Å². The zero-order valence-electron chi connectivity index (χ0n) is 24.6. The molecule has 5 amide bonds. The molecule has 0 radical (unpaired) electrons. The van der Waals surface area contributed by atoms with Gasteiger partial charge in [0.2, 0.25) is 5.91 Å². The highest BCUT2D eigenvalue weighted by Gasteiger charge is 2.45. The molecule has 0 aromatic heterocycles. The SMILES string of the molecule is CC1(C)CCC(CN2C[C@H]3C[C@@H]2CN3Cc2ccc3c(c2)C(=O)N(N2CCC(=O)NC2=O)C3=O)=C(c2ccc(Cl)cc2)C1. The number of halogens is 1. The summed E-state index contributed by atoms with van der Waals surface area (Å²) in [7, 11) is 0. The van der Waals surface area contributed by atoms with E-state index < -0.39 is 23.8 Å². The fourth-order valence-electron chi connectivity index (χ4n) is 7.50. The first-order chi connectivity index (χ1) is 20.6. The lowest BCUT2D eigenvalue weighted by molar-refractivity contribution is -0.122. The van der Waals surface area contributed by atoms with Crippen LogP contribution in [0.3, 0.4) is 0 Å². The number of allylic oxidation sites excluding steroid dienone is 1. The normalized spacial score (nSPS) is 25.7. The van der Waals surface area contributed by atoms with Crippen molar-refractivity contribution in [2.45, 2.75) is 64.6 Å². The van der Waals surface area contributed by atoms with Crippen LogP contribution >= 0.6 is 11.6 Å². The second kappa shape index (κ2) is 10.6. The van der Waals surface area contributed by atoms with Gasteiger partial charge in [0.1, 0.15) is 0 Å². The van der Waals surface area contributed by atoms with E-state index in [9.17, 15) is 19.2 Å². The first kappa shape index (κ1) is 28.3. The maximum Gasteiger partial charge on any atom is 0.343 e. The number of urea groups is 1. The number of nitrogens with zero attached hydrogens (tertiary/aromatic N) is 4. The molecule has 7 rings (SSSR count). The minimum absolute atomic E-state index is 0.00774.